The highest BCUT2D eigenvalue weighted by Gasteiger charge is 2.08. The molecule has 0 aliphatic heterocycles. The van der Waals surface area contributed by atoms with E-state index in [0.29, 0.717) is 25.1 Å². The van der Waals surface area contributed by atoms with E-state index < -0.39 is 0 Å². The van der Waals surface area contributed by atoms with Crippen molar-refractivity contribution < 1.29 is 9.21 Å². The number of furan rings is 1. The molecule has 0 saturated carbocycles. The molecular formula is C15H16N4O2. The summed E-state index contributed by atoms with van der Waals surface area (Å²) < 4.78 is 7.19. The molecule has 0 unspecified atom stereocenters. The van der Waals surface area contributed by atoms with Crippen LogP contribution in [0.3, 0.4) is 0 Å². The van der Waals surface area contributed by atoms with E-state index in [4.69, 9.17) is 10.2 Å². The fourth-order valence-corrected chi connectivity index (χ4v) is 2.09. The van der Waals surface area contributed by atoms with Crippen molar-refractivity contribution in [2.45, 2.75) is 12.8 Å². The molecule has 0 aromatic carbocycles. The predicted molar refractivity (Wildman–Crippen MR) is 79.8 cm³/mol. The molecule has 21 heavy (non-hydrogen) atoms. The number of nitrogens with zero attached hydrogens (tertiary/aromatic N) is 2. The minimum Gasteiger partial charge on any atom is -0.463 e. The highest BCUT2D eigenvalue weighted by atomic mass is 16.3. The van der Waals surface area contributed by atoms with Gasteiger partial charge in [-0.2, -0.15) is 0 Å². The number of imidazole rings is 1. The molecule has 3 aromatic rings. The molecule has 0 fully saturated rings. The molecule has 3 heterocycles. The molecule has 108 valence electrons. The van der Waals surface area contributed by atoms with Crippen molar-refractivity contribution in [1.29, 1.82) is 0 Å². The summed E-state index contributed by atoms with van der Waals surface area (Å²) in [6.45, 7) is 0.514. The van der Waals surface area contributed by atoms with Crippen LogP contribution in [-0.2, 0) is 4.79 Å². The Balaban J connectivity index is 1.81. The number of carbonyl (C=O) groups excluding carboxylic acids is 1. The van der Waals surface area contributed by atoms with E-state index in [1.807, 2.05) is 41.1 Å². The predicted octanol–water partition coefficient (Wildman–Crippen LogP) is 2.27. The Bertz CT molecular complexity index is 746. The average molecular weight is 284 g/mol. The van der Waals surface area contributed by atoms with Crippen molar-refractivity contribution in [2.24, 2.45) is 5.73 Å². The maximum absolute atomic E-state index is 11.7. The summed E-state index contributed by atoms with van der Waals surface area (Å²) in [6, 6.07) is 7.36. The number of amides is 1. The van der Waals surface area contributed by atoms with Crippen LogP contribution in [0.2, 0.25) is 0 Å². The van der Waals surface area contributed by atoms with Gasteiger partial charge >= 0.3 is 0 Å². The molecular weight excluding hydrogens is 268 g/mol. The van der Waals surface area contributed by atoms with Gasteiger partial charge in [0.2, 0.25) is 5.91 Å². The van der Waals surface area contributed by atoms with Crippen molar-refractivity contribution in [2.75, 3.05) is 11.9 Å². The van der Waals surface area contributed by atoms with E-state index in [1.165, 1.54) is 0 Å². The van der Waals surface area contributed by atoms with Crippen LogP contribution in [0, 0.1) is 0 Å². The number of aromatic nitrogens is 2. The van der Waals surface area contributed by atoms with E-state index >= 15 is 0 Å². The number of rotatable bonds is 5. The van der Waals surface area contributed by atoms with Crippen molar-refractivity contribution >= 4 is 17.2 Å². The Hall–Kier alpha value is -2.60. The summed E-state index contributed by atoms with van der Waals surface area (Å²) >= 11 is 0. The van der Waals surface area contributed by atoms with Gasteiger partial charge < -0.3 is 19.9 Å². The van der Waals surface area contributed by atoms with Crippen LogP contribution in [0.1, 0.15) is 12.8 Å². The molecule has 1 amide bonds. The third-order valence-corrected chi connectivity index (χ3v) is 3.12. The van der Waals surface area contributed by atoms with Gasteiger partial charge in [-0.25, -0.2) is 4.98 Å². The fraction of sp³-hybridized carbons (Fsp3) is 0.200. The Morgan fingerprint density at radius 3 is 3.00 bits per heavy atom. The van der Waals surface area contributed by atoms with Gasteiger partial charge in [-0.3, -0.25) is 4.79 Å². The standard InChI is InChI=1S/C15H16N4O2/c16-7-1-4-15(20)17-11-5-6-14-18-12(10-19(14)9-11)13-3-2-8-21-13/h2-3,5-6,8-10H,1,4,7,16H2,(H,17,20). The molecule has 3 N–H and O–H groups in total. The maximum atomic E-state index is 11.7. The molecule has 3 aromatic heterocycles. The second kappa shape index (κ2) is 5.80. The van der Waals surface area contributed by atoms with Gasteiger partial charge in [0, 0.05) is 18.8 Å². The largest absolute Gasteiger partial charge is 0.463 e. The molecule has 0 spiro atoms. The number of hydrogen-bond acceptors (Lipinski definition) is 4. The number of carbonyl (C=O) groups is 1. The average Bonchev–Trinajstić information content (AvgIpc) is 3.13. The number of nitrogens with one attached hydrogen (secondary N) is 1. The van der Waals surface area contributed by atoms with Crippen LogP contribution in [0.4, 0.5) is 5.69 Å². The topological polar surface area (TPSA) is 85.6 Å². The molecule has 0 saturated heterocycles. The molecule has 0 bridgehead atoms. The first-order valence-electron chi connectivity index (χ1n) is 6.79. The molecule has 0 radical (unpaired) electrons. The molecule has 6 heteroatoms. The summed E-state index contributed by atoms with van der Waals surface area (Å²) in [5, 5.41) is 2.85. The zero-order valence-corrected chi connectivity index (χ0v) is 11.5. The lowest BCUT2D eigenvalue weighted by atomic mass is 10.3. The number of anilines is 1. The van der Waals surface area contributed by atoms with Gasteiger partial charge in [0.25, 0.3) is 0 Å². The Kier molecular flexibility index (Phi) is 3.70. The van der Waals surface area contributed by atoms with Crippen LogP contribution in [-0.4, -0.2) is 21.8 Å². The number of hydrogen-bond donors (Lipinski definition) is 2. The van der Waals surface area contributed by atoms with Crippen LogP contribution in [0.25, 0.3) is 17.1 Å². The molecule has 0 atom stereocenters. The fourth-order valence-electron chi connectivity index (χ4n) is 2.09. The minimum atomic E-state index is -0.0360. The van der Waals surface area contributed by atoms with Crippen LogP contribution in [0.15, 0.2) is 47.3 Å². The van der Waals surface area contributed by atoms with E-state index in [0.717, 1.165) is 17.0 Å². The second-order valence-corrected chi connectivity index (χ2v) is 4.73. The van der Waals surface area contributed by atoms with Crippen molar-refractivity contribution in [3.8, 4) is 11.5 Å². The summed E-state index contributed by atoms with van der Waals surface area (Å²) in [6.07, 6.45) is 6.42. The van der Waals surface area contributed by atoms with E-state index in [-0.39, 0.29) is 5.91 Å². The summed E-state index contributed by atoms with van der Waals surface area (Å²) in [7, 11) is 0. The van der Waals surface area contributed by atoms with Gasteiger partial charge in [0.15, 0.2) is 5.76 Å². The van der Waals surface area contributed by atoms with Crippen molar-refractivity contribution in [1.82, 2.24) is 9.38 Å². The summed E-state index contributed by atoms with van der Waals surface area (Å²) in [4.78, 5) is 16.2. The third-order valence-electron chi connectivity index (χ3n) is 3.12. The van der Waals surface area contributed by atoms with Gasteiger partial charge in [0.05, 0.1) is 12.0 Å². The monoisotopic (exact) mass is 284 g/mol. The smallest absolute Gasteiger partial charge is 0.224 e. The summed E-state index contributed by atoms with van der Waals surface area (Å²) in [5.74, 6) is 0.679. The first-order valence-corrected chi connectivity index (χ1v) is 6.79. The molecule has 0 aliphatic rings. The highest BCUT2D eigenvalue weighted by molar-refractivity contribution is 5.90. The zero-order valence-electron chi connectivity index (χ0n) is 11.5. The van der Waals surface area contributed by atoms with Gasteiger partial charge in [0.1, 0.15) is 11.3 Å². The first-order chi connectivity index (χ1) is 10.3. The molecule has 6 nitrogen and oxygen atoms in total. The van der Waals surface area contributed by atoms with Gasteiger partial charge in [-0.1, -0.05) is 0 Å². The van der Waals surface area contributed by atoms with E-state index in [1.54, 1.807) is 6.26 Å². The maximum Gasteiger partial charge on any atom is 0.224 e. The lowest BCUT2D eigenvalue weighted by Gasteiger charge is -2.04. The van der Waals surface area contributed by atoms with E-state index in [2.05, 4.69) is 10.3 Å². The van der Waals surface area contributed by atoms with Gasteiger partial charge in [-0.15, -0.1) is 0 Å². The lowest BCUT2D eigenvalue weighted by molar-refractivity contribution is -0.116. The third kappa shape index (κ3) is 2.95. The number of nitrogens with two attached hydrogens (primary N) is 1. The van der Waals surface area contributed by atoms with E-state index in [9.17, 15) is 4.79 Å². The van der Waals surface area contributed by atoms with Crippen LogP contribution in [0.5, 0.6) is 0 Å². The highest BCUT2D eigenvalue weighted by Crippen LogP contribution is 2.20. The number of fused-ring (bicyclic) bond motifs is 1. The van der Waals surface area contributed by atoms with Crippen LogP contribution < -0.4 is 11.1 Å². The first kappa shape index (κ1) is 13.4. The number of pyridine rings is 1. The Morgan fingerprint density at radius 2 is 2.24 bits per heavy atom. The second-order valence-electron chi connectivity index (χ2n) is 4.73. The normalized spacial score (nSPS) is 10.9. The SMILES string of the molecule is NCCCC(=O)Nc1ccc2nc(-c3ccco3)cn2c1. The minimum absolute atomic E-state index is 0.0360. The Labute approximate surface area is 121 Å². The van der Waals surface area contributed by atoms with Crippen LogP contribution >= 0.6 is 0 Å². The summed E-state index contributed by atoms with van der Waals surface area (Å²) in [5.41, 5.74) is 7.67. The zero-order chi connectivity index (χ0) is 14.7. The Morgan fingerprint density at radius 1 is 1.33 bits per heavy atom. The lowest BCUT2D eigenvalue weighted by Crippen LogP contribution is -2.13. The molecule has 0 aliphatic carbocycles. The van der Waals surface area contributed by atoms with Crippen molar-refractivity contribution in [3.63, 3.8) is 0 Å². The molecule has 3 rings (SSSR count). The van der Waals surface area contributed by atoms with Gasteiger partial charge in [-0.05, 0) is 37.2 Å². The van der Waals surface area contributed by atoms with Crippen molar-refractivity contribution in [3.05, 3.63) is 42.9 Å². The quantitative estimate of drug-likeness (QED) is 0.752.